The molecule has 0 unspecified atom stereocenters. The Hall–Kier alpha value is -1.77. The van der Waals surface area contributed by atoms with Crippen LogP contribution in [0.4, 0.5) is 0 Å². The van der Waals surface area contributed by atoms with Crippen LogP contribution < -0.4 is 10.1 Å². The number of benzene rings is 1. The molecule has 0 heterocycles. The largest absolute Gasteiger partial charge is 0.493 e. The average Bonchev–Trinajstić information content (AvgIpc) is 3.12. The summed E-state index contributed by atoms with van der Waals surface area (Å²) in [7, 11) is 0. The molecule has 0 bridgehead atoms. The van der Waals surface area contributed by atoms with E-state index < -0.39 is 0 Å². The highest BCUT2D eigenvalue weighted by atomic mass is 16.5. The molecule has 1 aromatic carbocycles. The van der Waals surface area contributed by atoms with Crippen molar-refractivity contribution in [2.24, 2.45) is 0 Å². The Labute approximate surface area is 101 Å². The zero-order chi connectivity index (χ0) is 12.1. The zero-order valence-electron chi connectivity index (χ0n) is 9.98. The van der Waals surface area contributed by atoms with Crippen molar-refractivity contribution in [3.8, 4) is 5.75 Å². The Morgan fingerprint density at radius 1 is 1.47 bits per heavy atom. The zero-order valence-corrected chi connectivity index (χ0v) is 9.98. The second-order valence-corrected chi connectivity index (χ2v) is 4.09. The van der Waals surface area contributed by atoms with E-state index in [2.05, 4.69) is 5.32 Å². The van der Waals surface area contributed by atoms with Crippen LogP contribution in [0.3, 0.4) is 0 Å². The van der Waals surface area contributed by atoms with E-state index in [1.165, 1.54) is 0 Å². The molecule has 1 saturated carbocycles. The number of amides is 1. The quantitative estimate of drug-likeness (QED) is 0.790. The predicted octanol–water partition coefficient (Wildman–Crippen LogP) is 2.38. The lowest BCUT2D eigenvalue weighted by atomic mass is 10.2. The van der Waals surface area contributed by atoms with Crippen molar-refractivity contribution in [3.63, 3.8) is 0 Å². The molecule has 0 aromatic heterocycles. The van der Waals surface area contributed by atoms with Crippen molar-refractivity contribution in [1.82, 2.24) is 5.32 Å². The first kappa shape index (κ1) is 11.7. The highest BCUT2D eigenvalue weighted by molar-refractivity contribution is 5.92. The minimum absolute atomic E-state index is 0.0289. The number of carbonyl (C=O) groups is 1. The monoisotopic (exact) mass is 231 g/mol. The molecule has 0 aliphatic heterocycles. The Kier molecular flexibility index (Phi) is 3.81. The molecule has 17 heavy (non-hydrogen) atoms. The van der Waals surface area contributed by atoms with Crippen molar-refractivity contribution in [2.75, 3.05) is 6.61 Å². The van der Waals surface area contributed by atoms with Gasteiger partial charge in [0.1, 0.15) is 5.75 Å². The van der Waals surface area contributed by atoms with Gasteiger partial charge in [-0.15, -0.1) is 0 Å². The van der Waals surface area contributed by atoms with Gasteiger partial charge in [-0.1, -0.05) is 18.2 Å². The highest BCUT2D eigenvalue weighted by Gasteiger charge is 2.21. The Morgan fingerprint density at radius 2 is 2.24 bits per heavy atom. The molecular weight excluding hydrogens is 214 g/mol. The Balaban J connectivity index is 2.00. The molecule has 3 heteroatoms. The Bertz CT molecular complexity index is 422. The molecule has 1 N–H and O–H groups in total. The van der Waals surface area contributed by atoms with Crippen LogP contribution in [-0.4, -0.2) is 18.6 Å². The summed E-state index contributed by atoms with van der Waals surface area (Å²) in [6, 6.07) is 8.09. The van der Waals surface area contributed by atoms with Crippen LogP contribution in [0.1, 0.15) is 25.3 Å². The van der Waals surface area contributed by atoms with E-state index in [0.717, 1.165) is 24.2 Å². The minimum Gasteiger partial charge on any atom is -0.493 e. The lowest BCUT2D eigenvalue weighted by molar-refractivity contribution is -0.116. The summed E-state index contributed by atoms with van der Waals surface area (Å²) in [5, 5.41) is 2.91. The van der Waals surface area contributed by atoms with Gasteiger partial charge in [-0.3, -0.25) is 4.79 Å². The van der Waals surface area contributed by atoms with E-state index in [1.807, 2.05) is 31.2 Å². The van der Waals surface area contributed by atoms with Crippen LogP contribution in [0.25, 0.3) is 6.08 Å². The van der Waals surface area contributed by atoms with Crippen LogP contribution in [0.5, 0.6) is 5.75 Å². The standard InChI is InChI=1S/C14H17NO2/c1-2-17-13-6-4-3-5-11(13)7-10-14(16)15-12-8-9-12/h3-7,10,12H,2,8-9H2,1H3,(H,15,16)/b10-7+. The van der Waals surface area contributed by atoms with Gasteiger partial charge in [0, 0.05) is 17.7 Å². The van der Waals surface area contributed by atoms with Gasteiger partial charge in [0.2, 0.25) is 5.91 Å². The number of ether oxygens (including phenoxy) is 1. The van der Waals surface area contributed by atoms with Gasteiger partial charge in [-0.2, -0.15) is 0 Å². The molecule has 0 atom stereocenters. The van der Waals surface area contributed by atoms with E-state index >= 15 is 0 Å². The van der Waals surface area contributed by atoms with E-state index in [-0.39, 0.29) is 5.91 Å². The van der Waals surface area contributed by atoms with Crippen LogP contribution in [0.15, 0.2) is 30.3 Å². The molecule has 1 aliphatic carbocycles. The molecule has 1 amide bonds. The summed E-state index contributed by atoms with van der Waals surface area (Å²) < 4.78 is 5.48. The summed E-state index contributed by atoms with van der Waals surface area (Å²) in [4.78, 5) is 11.5. The molecule has 0 spiro atoms. The number of carbonyl (C=O) groups excluding carboxylic acids is 1. The van der Waals surface area contributed by atoms with Crippen LogP contribution >= 0.6 is 0 Å². The van der Waals surface area contributed by atoms with Crippen LogP contribution in [-0.2, 0) is 4.79 Å². The first-order chi connectivity index (χ1) is 8.29. The van der Waals surface area contributed by atoms with Gasteiger partial charge >= 0.3 is 0 Å². The molecule has 1 fully saturated rings. The van der Waals surface area contributed by atoms with E-state index in [9.17, 15) is 4.79 Å². The summed E-state index contributed by atoms with van der Waals surface area (Å²) >= 11 is 0. The van der Waals surface area contributed by atoms with Crippen molar-refractivity contribution in [1.29, 1.82) is 0 Å². The van der Waals surface area contributed by atoms with Crippen molar-refractivity contribution < 1.29 is 9.53 Å². The van der Waals surface area contributed by atoms with Crippen molar-refractivity contribution in [2.45, 2.75) is 25.8 Å². The fourth-order valence-corrected chi connectivity index (χ4v) is 1.55. The number of hydrogen-bond acceptors (Lipinski definition) is 2. The third kappa shape index (κ3) is 3.63. The van der Waals surface area contributed by atoms with Crippen molar-refractivity contribution >= 4 is 12.0 Å². The highest BCUT2D eigenvalue weighted by Crippen LogP contribution is 2.20. The molecule has 2 rings (SSSR count). The number of para-hydroxylation sites is 1. The first-order valence-electron chi connectivity index (χ1n) is 6.00. The summed E-state index contributed by atoms with van der Waals surface area (Å²) in [5.41, 5.74) is 0.931. The average molecular weight is 231 g/mol. The fourth-order valence-electron chi connectivity index (χ4n) is 1.55. The van der Waals surface area contributed by atoms with Gasteiger partial charge in [-0.25, -0.2) is 0 Å². The number of hydrogen-bond donors (Lipinski definition) is 1. The molecule has 0 saturated heterocycles. The van der Waals surface area contributed by atoms with Crippen molar-refractivity contribution in [3.05, 3.63) is 35.9 Å². The first-order valence-corrected chi connectivity index (χ1v) is 6.00. The lowest BCUT2D eigenvalue weighted by Gasteiger charge is -2.06. The summed E-state index contributed by atoms with van der Waals surface area (Å²) in [6.45, 7) is 2.57. The number of rotatable bonds is 5. The summed E-state index contributed by atoms with van der Waals surface area (Å²) in [5.74, 6) is 0.782. The topological polar surface area (TPSA) is 38.3 Å². The van der Waals surface area contributed by atoms with Gasteiger partial charge in [0.15, 0.2) is 0 Å². The van der Waals surface area contributed by atoms with Crippen LogP contribution in [0.2, 0.25) is 0 Å². The van der Waals surface area contributed by atoms with E-state index in [0.29, 0.717) is 12.6 Å². The maximum atomic E-state index is 11.5. The molecule has 90 valence electrons. The maximum absolute atomic E-state index is 11.5. The van der Waals surface area contributed by atoms with Gasteiger partial charge in [0.25, 0.3) is 0 Å². The lowest BCUT2D eigenvalue weighted by Crippen LogP contribution is -2.22. The normalized spacial score (nSPS) is 14.9. The van der Waals surface area contributed by atoms with Crippen LogP contribution in [0, 0.1) is 0 Å². The molecular formula is C14H17NO2. The Morgan fingerprint density at radius 3 is 2.94 bits per heavy atom. The van der Waals surface area contributed by atoms with Gasteiger partial charge in [-0.05, 0) is 31.9 Å². The molecule has 1 aliphatic rings. The number of nitrogens with one attached hydrogen (secondary N) is 1. The fraction of sp³-hybridized carbons (Fsp3) is 0.357. The second-order valence-electron chi connectivity index (χ2n) is 4.09. The SMILES string of the molecule is CCOc1ccccc1/C=C/C(=O)NC1CC1. The third-order valence-corrected chi connectivity index (χ3v) is 2.56. The van der Waals surface area contributed by atoms with Gasteiger partial charge < -0.3 is 10.1 Å². The minimum atomic E-state index is -0.0289. The smallest absolute Gasteiger partial charge is 0.244 e. The maximum Gasteiger partial charge on any atom is 0.244 e. The molecule has 3 nitrogen and oxygen atoms in total. The third-order valence-electron chi connectivity index (χ3n) is 2.56. The van der Waals surface area contributed by atoms with Gasteiger partial charge in [0.05, 0.1) is 6.61 Å². The van der Waals surface area contributed by atoms with E-state index in [4.69, 9.17) is 4.74 Å². The molecule has 0 radical (unpaired) electrons. The summed E-state index contributed by atoms with van der Waals surface area (Å²) in [6.07, 6.45) is 5.57. The predicted molar refractivity (Wildman–Crippen MR) is 67.8 cm³/mol. The molecule has 1 aromatic rings. The second kappa shape index (κ2) is 5.53. The van der Waals surface area contributed by atoms with E-state index in [1.54, 1.807) is 12.2 Å².